The van der Waals surface area contributed by atoms with Crippen LogP contribution in [0.5, 0.6) is 0 Å². The molecule has 2 N–H and O–H groups in total. The van der Waals surface area contributed by atoms with Gasteiger partial charge in [0.2, 0.25) is 10.0 Å². The van der Waals surface area contributed by atoms with E-state index in [2.05, 4.69) is 15.0 Å². The van der Waals surface area contributed by atoms with Crippen molar-refractivity contribution in [1.82, 2.24) is 15.0 Å². The Bertz CT molecular complexity index is 503. The highest BCUT2D eigenvalue weighted by Gasteiger charge is 2.19. The van der Waals surface area contributed by atoms with E-state index < -0.39 is 15.8 Å². The topological polar surface area (TPSA) is 80.3 Å². The van der Waals surface area contributed by atoms with Crippen molar-refractivity contribution in [2.75, 3.05) is 26.3 Å². The molecule has 1 aromatic heterocycles. The monoisotopic (exact) mass is 275 g/mol. The Morgan fingerprint density at radius 2 is 2.39 bits per heavy atom. The van der Waals surface area contributed by atoms with E-state index in [0.29, 0.717) is 19.8 Å². The van der Waals surface area contributed by atoms with E-state index in [1.807, 2.05) is 0 Å². The second-order valence-electron chi connectivity index (χ2n) is 3.92. The molecule has 1 atom stereocenters. The number of pyridine rings is 1. The average molecular weight is 275 g/mol. The zero-order valence-corrected chi connectivity index (χ0v) is 10.4. The molecule has 0 aliphatic carbocycles. The molecule has 1 fully saturated rings. The van der Waals surface area contributed by atoms with Crippen molar-refractivity contribution < 1.29 is 17.5 Å². The fourth-order valence-corrected chi connectivity index (χ4v) is 2.64. The standard InChI is InChI=1S/C10H14FN3O3S/c11-8-3-10(6-12-4-8)18(15,16)14-5-9-7-17-2-1-13-9/h3-4,6,9,13-14H,1-2,5,7H2. The summed E-state index contributed by atoms with van der Waals surface area (Å²) >= 11 is 0. The number of nitrogens with zero attached hydrogens (tertiary/aromatic N) is 1. The molecular weight excluding hydrogens is 261 g/mol. The molecule has 18 heavy (non-hydrogen) atoms. The van der Waals surface area contributed by atoms with Crippen LogP contribution < -0.4 is 10.0 Å². The third-order valence-electron chi connectivity index (χ3n) is 2.51. The maximum absolute atomic E-state index is 12.9. The number of halogens is 1. The highest BCUT2D eigenvalue weighted by atomic mass is 32.2. The van der Waals surface area contributed by atoms with Gasteiger partial charge >= 0.3 is 0 Å². The van der Waals surface area contributed by atoms with Gasteiger partial charge in [-0.15, -0.1) is 0 Å². The summed E-state index contributed by atoms with van der Waals surface area (Å²) < 4.78 is 44.2. The van der Waals surface area contributed by atoms with Crippen LogP contribution in [-0.2, 0) is 14.8 Å². The normalized spacial score (nSPS) is 20.8. The number of aromatic nitrogens is 1. The third-order valence-corrected chi connectivity index (χ3v) is 3.90. The molecule has 0 spiro atoms. The first-order valence-electron chi connectivity index (χ1n) is 5.49. The third kappa shape index (κ3) is 3.45. The minimum Gasteiger partial charge on any atom is -0.378 e. The lowest BCUT2D eigenvalue weighted by atomic mass is 10.3. The van der Waals surface area contributed by atoms with Gasteiger partial charge in [-0.3, -0.25) is 4.98 Å². The van der Waals surface area contributed by atoms with Gasteiger partial charge in [0.25, 0.3) is 0 Å². The number of morpholine rings is 1. The van der Waals surface area contributed by atoms with Crippen molar-refractivity contribution >= 4 is 10.0 Å². The van der Waals surface area contributed by atoms with Crippen LogP contribution in [0.15, 0.2) is 23.4 Å². The molecule has 0 amide bonds. The van der Waals surface area contributed by atoms with Gasteiger partial charge in [-0.2, -0.15) is 0 Å². The Morgan fingerprint density at radius 3 is 3.06 bits per heavy atom. The molecule has 8 heteroatoms. The van der Waals surface area contributed by atoms with Crippen molar-refractivity contribution in [2.24, 2.45) is 0 Å². The molecule has 1 aliphatic rings. The number of rotatable bonds is 4. The van der Waals surface area contributed by atoms with Crippen LogP contribution in [0.2, 0.25) is 0 Å². The molecule has 6 nitrogen and oxygen atoms in total. The number of sulfonamides is 1. The number of hydrogen-bond acceptors (Lipinski definition) is 5. The van der Waals surface area contributed by atoms with E-state index in [0.717, 1.165) is 18.5 Å². The van der Waals surface area contributed by atoms with Crippen LogP contribution in [0, 0.1) is 5.82 Å². The van der Waals surface area contributed by atoms with E-state index in [4.69, 9.17) is 4.74 Å². The van der Waals surface area contributed by atoms with Crippen molar-refractivity contribution in [3.63, 3.8) is 0 Å². The first-order valence-corrected chi connectivity index (χ1v) is 6.97. The van der Waals surface area contributed by atoms with Crippen LogP contribution in [0.1, 0.15) is 0 Å². The second-order valence-corrected chi connectivity index (χ2v) is 5.68. The SMILES string of the molecule is O=S(=O)(NCC1COCCN1)c1cncc(F)c1. The largest absolute Gasteiger partial charge is 0.378 e. The zero-order chi connectivity index (χ0) is 13.0. The molecule has 1 unspecified atom stereocenters. The highest BCUT2D eigenvalue weighted by molar-refractivity contribution is 7.89. The average Bonchev–Trinajstić information content (AvgIpc) is 2.38. The van der Waals surface area contributed by atoms with Crippen molar-refractivity contribution in [3.8, 4) is 0 Å². The summed E-state index contributed by atoms with van der Waals surface area (Å²) in [7, 11) is -3.73. The Kier molecular flexibility index (Phi) is 4.23. The molecular formula is C10H14FN3O3S. The Labute approximate surface area is 105 Å². The summed E-state index contributed by atoms with van der Waals surface area (Å²) in [6.45, 7) is 1.95. The van der Waals surface area contributed by atoms with Crippen molar-refractivity contribution in [1.29, 1.82) is 0 Å². The maximum atomic E-state index is 12.9. The van der Waals surface area contributed by atoms with Crippen molar-refractivity contribution in [3.05, 3.63) is 24.3 Å². The molecule has 100 valence electrons. The highest BCUT2D eigenvalue weighted by Crippen LogP contribution is 2.08. The van der Waals surface area contributed by atoms with Gasteiger partial charge in [-0.1, -0.05) is 0 Å². The van der Waals surface area contributed by atoms with Gasteiger partial charge in [-0.25, -0.2) is 17.5 Å². The summed E-state index contributed by atoms with van der Waals surface area (Å²) in [5.74, 6) is -0.683. The molecule has 1 aromatic rings. The zero-order valence-electron chi connectivity index (χ0n) is 9.60. The fourth-order valence-electron chi connectivity index (χ4n) is 1.58. The molecule has 1 aliphatic heterocycles. The second kappa shape index (κ2) is 5.70. The van der Waals surface area contributed by atoms with E-state index in [9.17, 15) is 12.8 Å². The predicted molar refractivity (Wildman–Crippen MR) is 62.0 cm³/mol. The summed E-state index contributed by atoms with van der Waals surface area (Å²) in [6, 6.07) is 0.857. The van der Waals surface area contributed by atoms with Gasteiger partial charge in [0.15, 0.2) is 0 Å². The number of ether oxygens (including phenoxy) is 1. The smallest absolute Gasteiger partial charge is 0.242 e. The minimum absolute atomic E-state index is 0.0740. The van der Waals surface area contributed by atoms with Gasteiger partial charge in [0.1, 0.15) is 10.7 Å². The molecule has 0 bridgehead atoms. The molecule has 1 saturated heterocycles. The number of hydrogen-bond donors (Lipinski definition) is 2. The lowest BCUT2D eigenvalue weighted by molar-refractivity contribution is 0.0784. The van der Waals surface area contributed by atoms with Crippen LogP contribution in [0.4, 0.5) is 4.39 Å². The van der Waals surface area contributed by atoms with Gasteiger partial charge in [0, 0.05) is 25.3 Å². The van der Waals surface area contributed by atoms with Crippen LogP contribution >= 0.6 is 0 Å². The Balaban J connectivity index is 1.98. The number of nitrogens with one attached hydrogen (secondary N) is 2. The molecule has 0 aromatic carbocycles. The first kappa shape index (κ1) is 13.3. The van der Waals surface area contributed by atoms with Gasteiger partial charge < -0.3 is 10.1 Å². The summed E-state index contributed by atoms with van der Waals surface area (Å²) in [5, 5.41) is 3.11. The van der Waals surface area contributed by atoms with E-state index in [1.54, 1.807) is 0 Å². The van der Waals surface area contributed by atoms with Crippen LogP contribution in [0.25, 0.3) is 0 Å². The molecule has 2 heterocycles. The predicted octanol–water partition coefficient (Wildman–Crippen LogP) is -0.513. The quantitative estimate of drug-likeness (QED) is 0.773. The summed E-state index contributed by atoms with van der Waals surface area (Å²) in [4.78, 5) is 3.33. The molecule has 0 saturated carbocycles. The van der Waals surface area contributed by atoms with Gasteiger partial charge in [0.05, 0.1) is 19.4 Å². The minimum atomic E-state index is -3.73. The van der Waals surface area contributed by atoms with Crippen LogP contribution in [0.3, 0.4) is 0 Å². The van der Waals surface area contributed by atoms with Crippen LogP contribution in [-0.4, -0.2) is 45.7 Å². The van der Waals surface area contributed by atoms with Gasteiger partial charge in [-0.05, 0) is 6.07 Å². The Morgan fingerprint density at radius 1 is 1.56 bits per heavy atom. The van der Waals surface area contributed by atoms with E-state index in [-0.39, 0.29) is 17.5 Å². The van der Waals surface area contributed by atoms with Crippen molar-refractivity contribution in [2.45, 2.75) is 10.9 Å². The summed E-state index contributed by atoms with van der Waals surface area (Å²) in [6.07, 6.45) is 2.06. The summed E-state index contributed by atoms with van der Waals surface area (Å²) in [5.41, 5.74) is 0. The molecule has 0 radical (unpaired) electrons. The van der Waals surface area contributed by atoms with E-state index in [1.165, 1.54) is 0 Å². The molecule has 2 rings (SSSR count). The maximum Gasteiger partial charge on any atom is 0.242 e. The lowest BCUT2D eigenvalue weighted by Gasteiger charge is -2.23. The lowest BCUT2D eigenvalue weighted by Crippen LogP contribution is -2.48. The Hall–Kier alpha value is -1.09. The fraction of sp³-hybridized carbons (Fsp3) is 0.500. The van der Waals surface area contributed by atoms with E-state index >= 15 is 0 Å². The first-order chi connectivity index (χ1) is 8.58.